The van der Waals surface area contributed by atoms with Gasteiger partial charge in [-0.25, -0.2) is 4.98 Å². The van der Waals surface area contributed by atoms with E-state index in [2.05, 4.69) is 43.1 Å². The number of carbonyl (C=O) groups excluding carboxylic acids is 1. The van der Waals surface area contributed by atoms with Gasteiger partial charge in [0.05, 0.1) is 0 Å². The molecule has 2 heterocycles. The van der Waals surface area contributed by atoms with E-state index in [0.717, 1.165) is 9.39 Å². The number of anilines is 1. The zero-order valence-corrected chi connectivity index (χ0v) is 17.6. The molecule has 2 aromatic heterocycles. The molecule has 0 fully saturated rings. The van der Waals surface area contributed by atoms with Crippen molar-refractivity contribution >= 4 is 34.2 Å². The Morgan fingerprint density at radius 2 is 1.90 bits per heavy atom. The molecular formula is C21H16IN5O2. The minimum absolute atomic E-state index is 0.159. The molecule has 0 unspecified atom stereocenters. The van der Waals surface area contributed by atoms with E-state index >= 15 is 0 Å². The van der Waals surface area contributed by atoms with Gasteiger partial charge in [-0.2, -0.15) is 0 Å². The van der Waals surface area contributed by atoms with E-state index in [1.165, 1.54) is 0 Å². The van der Waals surface area contributed by atoms with Crippen LogP contribution in [0.2, 0.25) is 0 Å². The molecule has 0 atom stereocenters. The first-order chi connectivity index (χ1) is 14.1. The zero-order valence-electron chi connectivity index (χ0n) is 15.4. The van der Waals surface area contributed by atoms with Crippen LogP contribution in [-0.2, 0) is 0 Å². The van der Waals surface area contributed by atoms with Crippen molar-refractivity contribution in [2.45, 2.75) is 6.92 Å². The van der Waals surface area contributed by atoms with Gasteiger partial charge in [0.25, 0.3) is 5.91 Å². The highest BCUT2D eigenvalue weighted by atomic mass is 127. The Morgan fingerprint density at radius 3 is 2.55 bits per heavy atom. The number of rotatable bonds is 5. The molecule has 144 valence electrons. The largest absolute Gasteiger partial charge is 0.438 e. The summed E-state index contributed by atoms with van der Waals surface area (Å²) in [5, 5.41) is 11.1. The van der Waals surface area contributed by atoms with E-state index in [-0.39, 0.29) is 5.91 Å². The van der Waals surface area contributed by atoms with Gasteiger partial charge in [-0.05, 0) is 78.0 Å². The molecule has 1 amide bonds. The number of hydrogen-bond acceptors (Lipinski definition) is 5. The summed E-state index contributed by atoms with van der Waals surface area (Å²) in [4.78, 5) is 16.5. The minimum atomic E-state index is -0.159. The summed E-state index contributed by atoms with van der Waals surface area (Å²) in [6.07, 6.45) is 3.53. The first-order valence-electron chi connectivity index (χ1n) is 8.77. The molecule has 29 heavy (non-hydrogen) atoms. The van der Waals surface area contributed by atoms with Crippen LogP contribution >= 0.6 is 22.6 Å². The molecule has 0 aliphatic heterocycles. The van der Waals surface area contributed by atoms with Gasteiger partial charge in [-0.1, -0.05) is 6.07 Å². The monoisotopic (exact) mass is 497 g/mol. The molecule has 0 saturated heterocycles. The van der Waals surface area contributed by atoms with Gasteiger partial charge >= 0.3 is 0 Å². The van der Waals surface area contributed by atoms with Crippen LogP contribution in [0.5, 0.6) is 11.6 Å². The third kappa shape index (κ3) is 4.60. The Bertz CT molecular complexity index is 1140. The fourth-order valence-corrected chi connectivity index (χ4v) is 3.22. The molecular weight excluding hydrogens is 481 g/mol. The van der Waals surface area contributed by atoms with Crippen LogP contribution in [0.1, 0.15) is 16.2 Å². The molecule has 2 aromatic carbocycles. The molecule has 0 spiro atoms. The van der Waals surface area contributed by atoms with Crippen molar-refractivity contribution in [3.8, 4) is 17.4 Å². The number of aromatic nitrogens is 4. The molecule has 7 nitrogen and oxygen atoms in total. The van der Waals surface area contributed by atoms with Crippen LogP contribution in [0.15, 0.2) is 73.1 Å². The summed E-state index contributed by atoms with van der Waals surface area (Å²) in [5.41, 5.74) is 1.29. The summed E-state index contributed by atoms with van der Waals surface area (Å²) in [6.45, 7) is 1.89. The van der Waals surface area contributed by atoms with Gasteiger partial charge < -0.3 is 10.1 Å². The number of carbonyl (C=O) groups is 1. The van der Waals surface area contributed by atoms with E-state index < -0.39 is 0 Å². The maximum absolute atomic E-state index is 12.3. The van der Waals surface area contributed by atoms with Gasteiger partial charge in [0.1, 0.15) is 11.6 Å². The Hall–Kier alpha value is -3.27. The van der Waals surface area contributed by atoms with E-state index in [4.69, 9.17) is 4.74 Å². The van der Waals surface area contributed by atoms with Crippen LogP contribution < -0.4 is 10.1 Å². The average Bonchev–Trinajstić information content (AvgIpc) is 3.16. The maximum atomic E-state index is 12.3. The lowest BCUT2D eigenvalue weighted by Crippen LogP contribution is -2.11. The van der Waals surface area contributed by atoms with Crippen LogP contribution in [0, 0.1) is 10.5 Å². The topological polar surface area (TPSA) is 81.9 Å². The first kappa shape index (κ1) is 19.1. The second kappa shape index (κ2) is 8.39. The van der Waals surface area contributed by atoms with Crippen molar-refractivity contribution in [1.29, 1.82) is 0 Å². The molecule has 4 aromatic rings. The third-order valence-corrected chi connectivity index (χ3v) is 4.79. The summed E-state index contributed by atoms with van der Waals surface area (Å²) >= 11 is 2.18. The van der Waals surface area contributed by atoms with Gasteiger partial charge in [-0.3, -0.25) is 9.36 Å². The highest BCUT2D eigenvalue weighted by molar-refractivity contribution is 14.1. The quantitative estimate of drug-likeness (QED) is 0.407. The van der Waals surface area contributed by atoms with Crippen LogP contribution in [0.3, 0.4) is 0 Å². The summed E-state index contributed by atoms with van der Waals surface area (Å²) in [6, 6.07) is 18.0. The molecule has 0 saturated carbocycles. The molecule has 0 radical (unpaired) electrons. The Kier molecular flexibility index (Phi) is 5.52. The average molecular weight is 497 g/mol. The Labute approximate surface area is 180 Å². The first-order valence-corrected chi connectivity index (χ1v) is 9.85. The number of aryl methyl sites for hydroxylation is 1. The number of imidazole rings is 1. The standard InChI is InChI=1S/C21H16IN5O2/c1-14-23-11-12-27(14)19-9-10-20(26-25-19)29-18-7-5-17(6-8-18)24-21(28)15-3-2-4-16(22)13-15/h2-13H,1H3,(H,24,28). The second-order valence-corrected chi connectivity index (χ2v) is 7.41. The van der Waals surface area contributed by atoms with Gasteiger partial charge in [0.15, 0.2) is 5.82 Å². The molecule has 0 aliphatic carbocycles. The third-order valence-electron chi connectivity index (χ3n) is 4.12. The smallest absolute Gasteiger partial charge is 0.255 e. The van der Waals surface area contributed by atoms with Gasteiger partial charge in [-0.15, -0.1) is 10.2 Å². The molecule has 4 rings (SSSR count). The molecule has 0 aliphatic rings. The highest BCUT2D eigenvalue weighted by Crippen LogP contribution is 2.22. The predicted octanol–water partition coefficient (Wildman–Crippen LogP) is 4.62. The summed E-state index contributed by atoms with van der Waals surface area (Å²) < 4.78 is 8.57. The molecule has 1 N–H and O–H groups in total. The number of ether oxygens (including phenoxy) is 1. The van der Waals surface area contributed by atoms with E-state index in [1.807, 2.05) is 42.0 Å². The summed E-state index contributed by atoms with van der Waals surface area (Å²) in [5.74, 6) is 2.31. The van der Waals surface area contributed by atoms with Crippen LogP contribution in [0.4, 0.5) is 5.69 Å². The van der Waals surface area contributed by atoms with Crippen molar-refractivity contribution in [2.24, 2.45) is 0 Å². The predicted molar refractivity (Wildman–Crippen MR) is 118 cm³/mol. The Balaban J connectivity index is 1.40. The number of nitrogens with zero attached hydrogens (tertiary/aromatic N) is 4. The minimum Gasteiger partial charge on any atom is -0.438 e. The molecule has 0 bridgehead atoms. The number of hydrogen-bond donors (Lipinski definition) is 1. The van der Waals surface area contributed by atoms with E-state index in [0.29, 0.717) is 28.7 Å². The lowest BCUT2D eigenvalue weighted by molar-refractivity contribution is 0.102. The SMILES string of the molecule is Cc1nccn1-c1ccc(Oc2ccc(NC(=O)c3cccc(I)c3)cc2)nn1. The number of benzene rings is 2. The second-order valence-electron chi connectivity index (χ2n) is 6.17. The van der Waals surface area contributed by atoms with Crippen LogP contribution in [-0.4, -0.2) is 25.7 Å². The fourth-order valence-electron chi connectivity index (χ4n) is 2.68. The van der Waals surface area contributed by atoms with Gasteiger partial charge in [0, 0.05) is 33.3 Å². The summed E-state index contributed by atoms with van der Waals surface area (Å²) in [7, 11) is 0. The van der Waals surface area contributed by atoms with E-state index in [1.54, 1.807) is 42.6 Å². The van der Waals surface area contributed by atoms with Crippen molar-refractivity contribution in [2.75, 3.05) is 5.32 Å². The van der Waals surface area contributed by atoms with Crippen LogP contribution in [0.25, 0.3) is 5.82 Å². The maximum Gasteiger partial charge on any atom is 0.255 e. The Morgan fingerprint density at radius 1 is 1.07 bits per heavy atom. The molecule has 8 heteroatoms. The highest BCUT2D eigenvalue weighted by Gasteiger charge is 2.08. The lowest BCUT2D eigenvalue weighted by atomic mass is 10.2. The fraction of sp³-hybridized carbons (Fsp3) is 0.0476. The van der Waals surface area contributed by atoms with Crippen molar-refractivity contribution < 1.29 is 9.53 Å². The lowest BCUT2D eigenvalue weighted by Gasteiger charge is -2.08. The van der Waals surface area contributed by atoms with Crippen molar-refractivity contribution in [3.63, 3.8) is 0 Å². The van der Waals surface area contributed by atoms with Crippen molar-refractivity contribution in [1.82, 2.24) is 19.7 Å². The number of nitrogens with one attached hydrogen (secondary N) is 1. The van der Waals surface area contributed by atoms with E-state index in [9.17, 15) is 4.79 Å². The zero-order chi connectivity index (χ0) is 20.2. The number of halogens is 1. The normalized spacial score (nSPS) is 10.6. The van der Waals surface area contributed by atoms with Crippen molar-refractivity contribution in [3.05, 3.63) is 88.0 Å². The van der Waals surface area contributed by atoms with Gasteiger partial charge in [0.2, 0.25) is 5.88 Å². The number of amides is 1.